The van der Waals surface area contributed by atoms with Crippen LogP contribution in [-0.2, 0) is 13.1 Å². The molecule has 0 aliphatic heterocycles. The number of nitrogens with zero attached hydrogens (tertiary/aromatic N) is 4. The van der Waals surface area contributed by atoms with Gasteiger partial charge in [0.25, 0.3) is 0 Å². The topological polar surface area (TPSA) is 73.5 Å². The normalized spacial score (nSPS) is 10.9. The van der Waals surface area contributed by atoms with Gasteiger partial charge in [0.05, 0.1) is 20.8 Å². The third-order valence-electron chi connectivity index (χ3n) is 4.05. The molecule has 0 N–H and O–H groups in total. The fourth-order valence-corrected chi connectivity index (χ4v) is 2.64. The van der Waals surface area contributed by atoms with Crippen LogP contribution in [0, 0.1) is 0 Å². The fourth-order valence-electron chi connectivity index (χ4n) is 2.64. The first-order valence-corrected chi connectivity index (χ1v) is 8.39. The predicted octanol–water partition coefficient (Wildman–Crippen LogP) is 3.17. The lowest BCUT2D eigenvalue weighted by Gasteiger charge is -2.19. The van der Waals surface area contributed by atoms with Crippen LogP contribution in [0.5, 0.6) is 11.5 Å². The molecule has 0 saturated heterocycles. The molecule has 0 aliphatic rings. The van der Waals surface area contributed by atoms with Crippen LogP contribution in [0.3, 0.4) is 0 Å². The molecule has 2 heterocycles. The van der Waals surface area contributed by atoms with Gasteiger partial charge in [0, 0.05) is 24.5 Å². The molecule has 0 aliphatic carbocycles. The van der Waals surface area contributed by atoms with Crippen LogP contribution in [0.2, 0.25) is 0 Å². The van der Waals surface area contributed by atoms with E-state index in [9.17, 15) is 0 Å². The Bertz CT molecular complexity index is 836. The summed E-state index contributed by atoms with van der Waals surface area (Å²) in [5.41, 5.74) is 1.96. The first kappa shape index (κ1) is 17.9. The van der Waals surface area contributed by atoms with Gasteiger partial charge < -0.3 is 14.0 Å². The molecule has 2 aromatic heterocycles. The molecule has 0 radical (unpaired) electrons. The summed E-state index contributed by atoms with van der Waals surface area (Å²) >= 11 is 0. The minimum Gasteiger partial charge on any atom is -0.493 e. The molecule has 3 rings (SSSR count). The molecule has 0 saturated carbocycles. The molecule has 0 spiro atoms. The number of hydrogen-bond donors (Lipinski definition) is 0. The maximum atomic E-state index is 5.40. The molecule has 0 atom stereocenters. The number of rotatable bonds is 8. The highest BCUT2D eigenvalue weighted by atomic mass is 16.5. The lowest BCUT2D eigenvalue weighted by molar-refractivity contribution is 0.228. The Morgan fingerprint density at radius 3 is 2.62 bits per heavy atom. The van der Waals surface area contributed by atoms with Crippen molar-refractivity contribution in [2.45, 2.75) is 20.0 Å². The highest BCUT2D eigenvalue weighted by molar-refractivity contribution is 5.51. The monoisotopic (exact) mass is 354 g/mol. The number of hydrogen-bond acceptors (Lipinski definition) is 7. The average molecular weight is 354 g/mol. The summed E-state index contributed by atoms with van der Waals surface area (Å²) in [6.45, 7) is 4.25. The van der Waals surface area contributed by atoms with Gasteiger partial charge in [-0.25, -0.2) is 0 Å². The second-order valence-corrected chi connectivity index (χ2v) is 5.75. The molecule has 0 bridgehead atoms. The van der Waals surface area contributed by atoms with Crippen molar-refractivity contribution >= 4 is 0 Å². The molecule has 26 heavy (non-hydrogen) atoms. The lowest BCUT2D eigenvalue weighted by atomic mass is 10.2. The summed E-state index contributed by atoms with van der Waals surface area (Å²) < 4.78 is 16.1. The number of aromatic nitrogens is 3. The van der Waals surface area contributed by atoms with Gasteiger partial charge in [-0.3, -0.25) is 9.88 Å². The minimum atomic E-state index is 0.551. The first-order chi connectivity index (χ1) is 12.7. The molecule has 136 valence electrons. The molecule has 0 amide bonds. The van der Waals surface area contributed by atoms with Crippen LogP contribution in [0.15, 0.2) is 47.2 Å². The highest BCUT2D eigenvalue weighted by Crippen LogP contribution is 2.28. The van der Waals surface area contributed by atoms with Gasteiger partial charge in [-0.1, -0.05) is 18.1 Å². The zero-order chi connectivity index (χ0) is 18.4. The van der Waals surface area contributed by atoms with E-state index in [2.05, 4.69) is 26.9 Å². The molecule has 7 nitrogen and oxygen atoms in total. The highest BCUT2D eigenvalue weighted by Gasteiger charge is 2.14. The Morgan fingerprint density at radius 2 is 1.92 bits per heavy atom. The molecule has 1 aromatic carbocycles. The third-order valence-corrected chi connectivity index (χ3v) is 4.05. The molecular weight excluding hydrogens is 332 g/mol. The smallest absolute Gasteiger partial charge is 0.241 e. The molecule has 0 unspecified atom stereocenters. The van der Waals surface area contributed by atoms with Crippen molar-refractivity contribution < 1.29 is 14.0 Å². The standard InChI is InChI=1S/C19H22N4O3/c1-4-23(12-14-7-8-16(24-2)17(10-14)25-3)13-18-21-19(22-26-18)15-6-5-9-20-11-15/h5-11H,4,12-13H2,1-3H3. The quantitative estimate of drug-likeness (QED) is 0.615. The second kappa shape index (κ2) is 8.44. The lowest BCUT2D eigenvalue weighted by Crippen LogP contribution is -2.22. The largest absolute Gasteiger partial charge is 0.493 e. The van der Waals surface area contributed by atoms with Gasteiger partial charge in [0.2, 0.25) is 11.7 Å². The van der Waals surface area contributed by atoms with E-state index in [4.69, 9.17) is 14.0 Å². The summed E-state index contributed by atoms with van der Waals surface area (Å²) in [5, 5.41) is 4.04. The van der Waals surface area contributed by atoms with Gasteiger partial charge in [-0.15, -0.1) is 0 Å². The van der Waals surface area contributed by atoms with Crippen LogP contribution in [0.4, 0.5) is 0 Å². The Kier molecular flexibility index (Phi) is 5.80. The van der Waals surface area contributed by atoms with Crippen molar-refractivity contribution in [3.8, 4) is 22.9 Å². The van der Waals surface area contributed by atoms with E-state index in [1.807, 2.05) is 30.3 Å². The molecule has 7 heteroatoms. The molecule has 0 fully saturated rings. The van der Waals surface area contributed by atoms with E-state index in [1.165, 1.54) is 0 Å². The Hall–Kier alpha value is -2.93. The van der Waals surface area contributed by atoms with Crippen LogP contribution < -0.4 is 9.47 Å². The summed E-state index contributed by atoms with van der Waals surface area (Å²) in [6, 6.07) is 9.67. The van der Waals surface area contributed by atoms with Gasteiger partial charge in [0.15, 0.2) is 11.5 Å². The van der Waals surface area contributed by atoms with Crippen molar-refractivity contribution in [2.75, 3.05) is 20.8 Å². The Balaban J connectivity index is 1.69. The van der Waals surface area contributed by atoms with Crippen LogP contribution in [-0.4, -0.2) is 40.8 Å². The Labute approximate surface area is 152 Å². The van der Waals surface area contributed by atoms with Crippen molar-refractivity contribution in [1.29, 1.82) is 0 Å². The summed E-state index contributed by atoms with van der Waals surface area (Å²) in [7, 11) is 3.27. The van der Waals surface area contributed by atoms with Crippen LogP contribution in [0.1, 0.15) is 18.4 Å². The Morgan fingerprint density at radius 1 is 1.08 bits per heavy atom. The van der Waals surface area contributed by atoms with Crippen molar-refractivity contribution in [2.24, 2.45) is 0 Å². The van der Waals surface area contributed by atoms with E-state index in [0.717, 1.165) is 35.7 Å². The van der Waals surface area contributed by atoms with E-state index >= 15 is 0 Å². The summed E-state index contributed by atoms with van der Waals surface area (Å²) in [4.78, 5) is 10.8. The minimum absolute atomic E-state index is 0.551. The molecule has 3 aromatic rings. The first-order valence-electron chi connectivity index (χ1n) is 8.39. The third kappa shape index (κ3) is 4.18. The number of ether oxygens (including phenoxy) is 2. The maximum absolute atomic E-state index is 5.40. The van der Waals surface area contributed by atoms with Crippen molar-refractivity contribution in [3.05, 3.63) is 54.2 Å². The van der Waals surface area contributed by atoms with Crippen LogP contribution in [0.25, 0.3) is 11.4 Å². The van der Waals surface area contributed by atoms with Gasteiger partial charge in [-0.05, 0) is 36.4 Å². The van der Waals surface area contributed by atoms with Crippen molar-refractivity contribution in [3.63, 3.8) is 0 Å². The van der Waals surface area contributed by atoms with Gasteiger partial charge in [-0.2, -0.15) is 4.98 Å². The zero-order valence-corrected chi connectivity index (χ0v) is 15.2. The fraction of sp³-hybridized carbons (Fsp3) is 0.316. The molecular formula is C19H22N4O3. The number of benzene rings is 1. The predicted molar refractivity (Wildman–Crippen MR) is 96.9 cm³/mol. The number of methoxy groups -OCH3 is 2. The van der Waals surface area contributed by atoms with Crippen LogP contribution >= 0.6 is 0 Å². The van der Waals surface area contributed by atoms with E-state index in [0.29, 0.717) is 18.3 Å². The summed E-state index contributed by atoms with van der Waals surface area (Å²) in [5.74, 6) is 2.57. The second-order valence-electron chi connectivity index (χ2n) is 5.75. The van der Waals surface area contributed by atoms with Gasteiger partial charge in [0.1, 0.15) is 0 Å². The average Bonchev–Trinajstić information content (AvgIpc) is 3.16. The van der Waals surface area contributed by atoms with E-state index in [1.54, 1.807) is 26.6 Å². The van der Waals surface area contributed by atoms with Gasteiger partial charge >= 0.3 is 0 Å². The van der Waals surface area contributed by atoms with Crippen molar-refractivity contribution in [1.82, 2.24) is 20.0 Å². The SMILES string of the molecule is CCN(Cc1ccc(OC)c(OC)c1)Cc1nc(-c2cccnc2)no1. The zero-order valence-electron chi connectivity index (χ0n) is 15.2. The summed E-state index contributed by atoms with van der Waals surface area (Å²) in [6.07, 6.45) is 3.43. The van der Waals surface area contributed by atoms with E-state index < -0.39 is 0 Å². The maximum Gasteiger partial charge on any atom is 0.241 e. The number of pyridine rings is 1. The van der Waals surface area contributed by atoms with E-state index in [-0.39, 0.29) is 0 Å².